The van der Waals surface area contributed by atoms with Gasteiger partial charge in [-0.25, -0.2) is 0 Å². The van der Waals surface area contributed by atoms with Crippen molar-refractivity contribution in [3.05, 3.63) is 190 Å². The summed E-state index contributed by atoms with van der Waals surface area (Å²) in [6.07, 6.45) is 9.25. The predicted molar refractivity (Wildman–Crippen MR) is 238 cm³/mol. The van der Waals surface area contributed by atoms with Crippen molar-refractivity contribution in [1.82, 2.24) is 0 Å². The maximum Gasteiger partial charge on any atom is 0.178 e. The van der Waals surface area contributed by atoms with E-state index in [4.69, 9.17) is 18.9 Å². The summed E-state index contributed by atoms with van der Waals surface area (Å²) >= 11 is 0. The maximum absolute atomic E-state index is 7.83. The smallest absolute Gasteiger partial charge is 0.178 e. The zero-order valence-electron chi connectivity index (χ0n) is 33.4. The summed E-state index contributed by atoms with van der Waals surface area (Å²) in [5.74, 6) is 2.98. The van der Waals surface area contributed by atoms with Crippen LogP contribution in [0.5, 0.6) is 17.2 Å². The van der Waals surface area contributed by atoms with Crippen LogP contribution < -0.4 is 14.2 Å². The molecule has 12 rings (SSSR count). The molecule has 1 spiro atoms. The second-order valence-corrected chi connectivity index (χ2v) is 16.7. The minimum absolute atomic E-state index is 0.487. The standard InChI is InChI=1S/C55H44O4/c1-56-40-23-25-42-45(32-40)53-44(27-29-54(59-53,38-13-4-3-5-14-38)39-21-19-35(20-22-39)34-10-6-7-30-58-31-28-34)52-51(42)43-26-24-41(57-2)33-48(43)55(52)46-15-8-11-36-17-18-37-12-9-16-47(55)50(37)49(36)46/h3-5,8-9,11-27,29,32-34H,6-7,10,28,30-31H2,1-2H3. The summed E-state index contributed by atoms with van der Waals surface area (Å²) < 4.78 is 25.7. The van der Waals surface area contributed by atoms with E-state index in [0.717, 1.165) is 70.8 Å². The zero-order chi connectivity index (χ0) is 39.3. The molecule has 2 aliphatic heterocycles. The van der Waals surface area contributed by atoms with E-state index < -0.39 is 11.0 Å². The Morgan fingerprint density at radius 1 is 0.593 bits per heavy atom. The van der Waals surface area contributed by atoms with Crippen molar-refractivity contribution < 1.29 is 18.9 Å². The van der Waals surface area contributed by atoms with Gasteiger partial charge in [-0.05, 0) is 127 Å². The largest absolute Gasteiger partial charge is 0.497 e. The fraction of sp³-hybridized carbons (Fsp3) is 0.200. The molecule has 8 aromatic rings. The number of methoxy groups -OCH3 is 2. The van der Waals surface area contributed by atoms with Gasteiger partial charge in [0.2, 0.25) is 0 Å². The van der Waals surface area contributed by atoms with Gasteiger partial charge in [0.1, 0.15) is 17.2 Å². The van der Waals surface area contributed by atoms with E-state index in [1.807, 2.05) is 0 Å². The molecule has 1 saturated heterocycles. The highest BCUT2D eigenvalue weighted by Crippen LogP contribution is 2.67. The highest BCUT2D eigenvalue weighted by atomic mass is 16.5. The summed E-state index contributed by atoms with van der Waals surface area (Å²) in [5.41, 5.74) is 10.7. The molecule has 288 valence electrons. The predicted octanol–water partition coefficient (Wildman–Crippen LogP) is 12.9. The Kier molecular flexibility index (Phi) is 7.68. The summed E-state index contributed by atoms with van der Waals surface area (Å²) in [7, 11) is 3.51. The van der Waals surface area contributed by atoms with E-state index in [1.165, 1.54) is 73.3 Å². The average Bonchev–Trinajstić information content (AvgIpc) is 3.76. The van der Waals surface area contributed by atoms with Gasteiger partial charge in [-0.1, -0.05) is 122 Å². The van der Waals surface area contributed by atoms with Crippen molar-refractivity contribution in [1.29, 1.82) is 0 Å². The van der Waals surface area contributed by atoms with E-state index in [0.29, 0.717) is 5.92 Å². The van der Waals surface area contributed by atoms with Gasteiger partial charge in [-0.2, -0.15) is 0 Å². The van der Waals surface area contributed by atoms with E-state index in [2.05, 4.69) is 152 Å². The molecule has 1 fully saturated rings. The van der Waals surface area contributed by atoms with E-state index in [9.17, 15) is 0 Å². The van der Waals surface area contributed by atoms with Crippen molar-refractivity contribution in [2.24, 2.45) is 0 Å². The van der Waals surface area contributed by atoms with Crippen LogP contribution in [-0.2, 0) is 15.8 Å². The van der Waals surface area contributed by atoms with Crippen molar-refractivity contribution >= 4 is 38.4 Å². The molecular weight excluding hydrogens is 725 g/mol. The summed E-state index contributed by atoms with van der Waals surface area (Å²) in [6.45, 7) is 1.69. The molecule has 4 nitrogen and oxygen atoms in total. The first-order valence-electron chi connectivity index (χ1n) is 21.1. The van der Waals surface area contributed by atoms with Gasteiger partial charge in [0.05, 0.1) is 19.6 Å². The van der Waals surface area contributed by atoms with Crippen molar-refractivity contribution in [2.75, 3.05) is 27.4 Å². The lowest BCUT2D eigenvalue weighted by molar-refractivity contribution is 0.111. The minimum atomic E-state index is -0.887. The van der Waals surface area contributed by atoms with Crippen LogP contribution >= 0.6 is 0 Å². The molecular formula is C55H44O4. The Morgan fingerprint density at radius 3 is 2.05 bits per heavy atom. The molecule has 0 radical (unpaired) electrons. The second-order valence-electron chi connectivity index (χ2n) is 16.7. The highest BCUT2D eigenvalue weighted by molar-refractivity contribution is 6.19. The summed E-state index contributed by atoms with van der Waals surface area (Å²) in [6, 6.07) is 51.4. The molecule has 4 heteroatoms. The summed E-state index contributed by atoms with van der Waals surface area (Å²) in [4.78, 5) is 0. The fourth-order valence-electron chi connectivity index (χ4n) is 11.3. The molecule has 0 bridgehead atoms. The first-order valence-corrected chi connectivity index (χ1v) is 21.1. The van der Waals surface area contributed by atoms with Crippen LogP contribution in [0.25, 0.3) is 49.5 Å². The third-order valence-corrected chi connectivity index (χ3v) is 13.9. The average molecular weight is 769 g/mol. The molecule has 0 aromatic heterocycles. The third kappa shape index (κ3) is 4.75. The van der Waals surface area contributed by atoms with Crippen molar-refractivity contribution in [2.45, 2.75) is 42.6 Å². The van der Waals surface area contributed by atoms with Crippen LogP contribution in [0.1, 0.15) is 76.1 Å². The molecule has 0 amide bonds. The van der Waals surface area contributed by atoms with Gasteiger partial charge in [0.15, 0.2) is 5.60 Å². The van der Waals surface area contributed by atoms with Crippen LogP contribution in [0.4, 0.5) is 0 Å². The first-order chi connectivity index (χ1) is 29.1. The summed E-state index contributed by atoms with van der Waals surface area (Å²) in [5, 5.41) is 7.31. The molecule has 59 heavy (non-hydrogen) atoms. The second kappa shape index (κ2) is 13.1. The minimum Gasteiger partial charge on any atom is -0.497 e. The fourth-order valence-corrected chi connectivity index (χ4v) is 11.3. The molecule has 2 unspecified atom stereocenters. The highest BCUT2D eigenvalue weighted by Gasteiger charge is 2.54. The topological polar surface area (TPSA) is 36.9 Å². The Balaban J connectivity index is 1.16. The van der Waals surface area contributed by atoms with Crippen LogP contribution in [0.3, 0.4) is 0 Å². The van der Waals surface area contributed by atoms with Gasteiger partial charge in [-0.15, -0.1) is 0 Å². The molecule has 0 N–H and O–H groups in total. The molecule has 8 aromatic carbocycles. The third-order valence-electron chi connectivity index (χ3n) is 13.9. The monoisotopic (exact) mass is 768 g/mol. The lowest BCUT2D eigenvalue weighted by Gasteiger charge is -2.39. The number of rotatable bonds is 5. The van der Waals surface area contributed by atoms with Crippen LogP contribution in [0, 0.1) is 0 Å². The van der Waals surface area contributed by atoms with Gasteiger partial charge < -0.3 is 18.9 Å². The van der Waals surface area contributed by atoms with Gasteiger partial charge in [-0.3, -0.25) is 0 Å². The molecule has 0 saturated carbocycles. The molecule has 4 aliphatic rings. The van der Waals surface area contributed by atoms with Crippen LogP contribution in [0.15, 0.2) is 146 Å². The molecule has 2 aliphatic carbocycles. The number of hydrogen-bond donors (Lipinski definition) is 0. The lowest BCUT2D eigenvalue weighted by atomic mass is 9.68. The van der Waals surface area contributed by atoms with Crippen LogP contribution in [-0.4, -0.2) is 27.4 Å². The van der Waals surface area contributed by atoms with Gasteiger partial charge in [0.25, 0.3) is 0 Å². The zero-order valence-corrected chi connectivity index (χ0v) is 33.4. The Labute approximate surface area is 344 Å². The Morgan fingerprint density at radius 2 is 1.31 bits per heavy atom. The van der Waals surface area contributed by atoms with E-state index in [1.54, 1.807) is 14.2 Å². The van der Waals surface area contributed by atoms with E-state index >= 15 is 0 Å². The van der Waals surface area contributed by atoms with Gasteiger partial charge in [0, 0.05) is 35.3 Å². The van der Waals surface area contributed by atoms with Crippen molar-refractivity contribution in [3.63, 3.8) is 0 Å². The quantitative estimate of drug-likeness (QED) is 0.163. The Hall–Kier alpha value is -6.36. The number of benzene rings is 8. The number of fused-ring (bicyclic) bond motifs is 12. The normalized spacial score (nSPS) is 19.7. The first kappa shape index (κ1) is 34.7. The SMILES string of the molecule is COc1ccc2c(c1)C1(c3c4c(c5cc(OC)ccc5c3-2)OC(c2ccccc2)(c2ccc(C3CCCCOCC3)cc2)C=C4)c2cccc3ccc4cccc1c4c23. The number of ether oxygens (including phenoxy) is 4. The molecule has 2 atom stereocenters. The Bertz CT molecular complexity index is 2960. The maximum atomic E-state index is 7.83. The van der Waals surface area contributed by atoms with Crippen molar-refractivity contribution in [3.8, 4) is 28.4 Å². The van der Waals surface area contributed by atoms with Gasteiger partial charge >= 0.3 is 0 Å². The molecule has 2 heterocycles. The lowest BCUT2D eigenvalue weighted by Crippen LogP contribution is -2.35. The van der Waals surface area contributed by atoms with Crippen LogP contribution in [0.2, 0.25) is 0 Å². The van der Waals surface area contributed by atoms with E-state index in [-0.39, 0.29) is 0 Å². The number of hydrogen-bond acceptors (Lipinski definition) is 4.